The van der Waals surface area contributed by atoms with Gasteiger partial charge in [0.25, 0.3) is 0 Å². The molecule has 0 spiro atoms. The number of thioether (sulfide) groups is 1. The minimum atomic E-state index is -0.950. The van der Waals surface area contributed by atoms with Gasteiger partial charge in [-0.2, -0.15) is 5.10 Å². The van der Waals surface area contributed by atoms with Crippen molar-refractivity contribution in [3.05, 3.63) is 47.2 Å². The summed E-state index contributed by atoms with van der Waals surface area (Å²) in [5.74, 6) is 0.0285. The summed E-state index contributed by atoms with van der Waals surface area (Å²) >= 11 is 1.50. The Labute approximate surface area is 125 Å². The van der Waals surface area contributed by atoms with E-state index in [0.717, 1.165) is 11.1 Å². The van der Waals surface area contributed by atoms with Crippen molar-refractivity contribution >= 4 is 29.5 Å². The Morgan fingerprint density at radius 3 is 2.81 bits per heavy atom. The van der Waals surface area contributed by atoms with Gasteiger partial charge in [-0.05, 0) is 17.7 Å². The van der Waals surface area contributed by atoms with Gasteiger partial charge < -0.3 is 10.4 Å². The van der Waals surface area contributed by atoms with Crippen molar-refractivity contribution in [1.82, 2.24) is 9.78 Å². The number of carboxylic acid groups (broad SMARTS) is 1. The number of aromatic carboxylic acids is 1. The van der Waals surface area contributed by atoms with Gasteiger partial charge in [0.15, 0.2) is 0 Å². The summed E-state index contributed by atoms with van der Waals surface area (Å²) in [6.07, 6.45) is 1.74. The predicted molar refractivity (Wildman–Crippen MR) is 79.5 cm³/mol. The molecule has 1 aromatic heterocycles. The highest BCUT2D eigenvalue weighted by Crippen LogP contribution is 2.41. The third kappa shape index (κ3) is 2.52. The van der Waals surface area contributed by atoms with E-state index in [2.05, 4.69) is 10.4 Å². The number of amides is 1. The summed E-state index contributed by atoms with van der Waals surface area (Å²) in [4.78, 5) is 22.7. The highest BCUT2D eigenvalue weighted by Gasteiger charge is 2.26. The zero-order valence-electron chi connectivity index (χ0n) is 11.2. The molecule has 7 heteroatoms. The Hall–Kier alpha value is -2.28. The van der Waals surface area contributed by atoms with Crippen LogP contribution in [0.1, 0.15) is 26.7 Å². The van der Waals surface area contributed by atoms with E-state index in [1.54, 1.807) is 42.2 Å². The molecule has 6 nitrogen and oxygen atoms in total. The van der Waals surface area contributed by atoms with Gasteiger partial charge in [-0.3, -0.25) is 9.48 Å². The number of fused-ring (bicyclic) bond motifs is 1. The molecule has 0 fully saturated rings. The van der Waals surface area contributed by atoms with Crippen LogP contribution in [0.2, 0.25) is 0 Å². The summed E-state index contributed by atoms with van der Waals surface area (Å²) in [7, 11) is 1.78. The quantitative estimate of drug-likeness (QED) is 0.885. The lowest BCUT2D eigenvalue weighted by atomic mass is 10.0. The van der Waals surface area contributed by atoms with Crippen LogP contribution in [0, 0.1) is 0 Å². The number of rotatable bonds is 2. The molecule has 3 rings (SSSR count). The molecule has 1 aliphatic heterocycles. The smallest absolute Gasteiger partial charge is 0.335 e. The molecule has 0 saturated heterocycles. The second kappa shape index (κ2) is 5.25. The minimum Gasteiger partial charge on any atom is -0.478 e. The number of hydrogen-bond donors (Lipinski definition) is 2. The maximum Gasteiger partial charge on any atom is 0.335 e. The summed E-state index contributed by atoms with van der Waals surface area (Å²) in [5, 5.41) is 15.9. The van der Waals surface area contributed by atoms with Crippen LogP contribution in [0.5, 0.6) is 0 Å². The summed E-state index contributed by atoms with van der Waals surface area (Å²) < 4.78 is 1.64. The number of carboxylic acids is 1. The van der Waals surface area contributed by atoms with E-state index >= 15 is 0 Å². The monoisotopic (exact) mass is 303 g/mol. The molecular weight excluding hydrogens is 290 g/mol. The first-order valence-electron chi connectivity index (χ1n) is 6.33. The topological polar surface area (TPSA) is 84.2 Å². The predicted octanol–water partition coefficient (Wildman–Crippen LogP) is 1.89. The van der Waals surface area contributed by atoms with Crippen LogP contribution in [-0.4, -0.2) is 32.5 Å². The first-order valence-corrected chi connectivity index (χ1v) is 7.37. The molecule has 0 unspecified atom stereocenters. The van der Waals surface area contributed by atoms with E-state index in [0.29, 0.717) is 11.6 Å². The van der Waals surface area contributed by atoms with Crippen LogP contribution >= 0.6 is 11.8 Å². The van der Waals surface area contributed by atoms with E-state index in [1.165, 1.54) is 11.8 Å². The molecule has 108 valence electrons. The number of hydrogen-bond acceptors (Lipinski definition) is 4. The number of carbonyl (C=O) groups is 2. The highest BCUT2D eigenvalue weighted by molar-refractivity contribution is 8.00. The Morgan fingerprint density at radius 2 is 2.14 bits per heavy atom. The second-order valence-corrected chi connectivity index (χ2v) is 5.83. The number of nitrogens with one attached hydrogen (secondary N) is 1. The molecule has 1 aliphatic rings. The second-order valence-electron chi connectivity index (χ2n) is 4.74. The normalized spacial score (nSPS) is 17.8. The molecule has 0 aliphatic carbocycles. The molecule has 0 bridgehead atoms. The van der Waals surface area contributed by atoms with Crippen molar-refractivity contribution in [1.29, 1.82) is 0 Å². The third-order valence-corrected chi connectivity index (χ3v) is 4.64. The molecule has 2 heterocycles. The molecule has 2 N–H and O–H groups in total. The van der Waals surface area contributed by atoms with Crippen molar-refractivity contribution in [2.24, 2.45) is 7.05 Å². The first-order chi connectivity index (χ1) is 10.1. The average molecular weight is 303 g/mol. The third-order valence-electron chi connectivity index (χ3n) is 3.35. The average Bonchev–Trinajstić information content (AvgIpc) is 2.72. The number of benzene rings is 1. The Kier molecular flexibility index (Phi) is 3.42. The fraction of sp³-hybridized carbons (Fsp3) is 0.214. The Balaban J connectivity index is 2.01. The van der Waals surface area contributed by atoms with E-state index in [-0.39, 0.29) is 16.7 Å². The van der Waals surface area contributed by atoms with E-state index in [4.69, 9.17) is 5.11 Å². The highest BCUT2D eigenvalue weighted by atomic mass is 32.2. The number of aromatic nitrogens is 2. The largest absolute Gasteiger partial charge is 0.478 e. The van der Waals surface area contributed by atoms with E-state index in [1.807, 2.05) is 0 Å². The van der Waals surface area contributed by atoms with Gasteiger partial charge in [0, 0.05) is 12.6 Å². The van der Waals surface area contributed by atoms with Crippen molar-refractivity contribution in [2.45, 2.75) is 5.25 Å². The SMILES string of the molecule is Cn1ncc2c1NC(=O)CS[C@H]2c1ccc(C(=O)O)cc1. The van der Waals surface area contributed by atoms with E-state index in [9.17, 15) is 9.59 Å². The zero-order valence-corrected chi connectivity index (χ0v) is 12.1. The maximum atomic E-state index is 11.8. The zero-order chi connectivity index (χ0) is 15.0. The standard InChI is InChI=1S/C14H13N3O3S/c1-17-13-10(6-15-17)12(21-7-11(18)16-13)8-2-4-9(5-3-8)14(19)20/h2-6,12H,7H2,1H3,(H,16,18)(H,19,20)/t12-/m0/s1. The first kappa shape index (κ1) is 13.7. The lowest BCUT2D eigenvalue weighted by Crippen LogP contribution is -2.15. The van der Waals surface area contributed by atoms with Gasteiger partial charge in [0.05, 0.1) is 22.8 Å². The molecular formula is C14H13N3O3S. The lowest BCUT2D eigenvalue weighted by molar-refractivity contribution is -0.113. The van der Waals surface area contributed by atoms with Gasteiger partial charge in [-0.15, -0.1) is 11.8 Å². The van der Waals surface area contributed by atoms with E-state index < -0.39 is 5.97 Å². The molecule has 2 aromatic rings. The molecule has 0 radical (unpaired) electrons. The number of anilines is 1. The van der Waals surface area contributed by atoms with Gasteiger partial charge in [-0.1, -0.05) is 12.1 Å². The molecule has 1 amide bonds. The lowest BCUT2D eigenvalue weighted by Gasteiger charge is -2.14. The van der Waals surface area contributed by atoms with Crippen molar-refractivity contribution in [3.8, 4) is 0 Å². The number of aryl methyl sites for hydroxylation is 1. The van der Waals surface area contributed by atoms with Crippen LogP contribution < -0.4 is 5.32 Å². The molecule has 21 heavy (non-hydrogen) atoms. The minimum absolute atomic E-state index is 0.0458. The van der Waals surface area contributed by atoms with Crippen molar-refractivity contribution in [3.63, 3.8) is 0 Å². The van der Waals surface area contributed by atoms with Gasteiger partial charge in [-0.25, -0.2) is 4.79 Å². The fourth-order valence-electron chi connectivity index (χ4n) is 2.29. The van der Waals surface area contributed by atoms with Crippen LogP contribution in [0.15, 0.2) is 30.5 Å². The summed E-state index contributed by atoms with van der Waals surface area (Å²) in [6, 6.07) is 6.73. The molecule has 1 atom stereocenters. The maximum absolute atomic E-state index is 11.8. The Morgan fingerprint density at radius 1 is 1.43 bits per heavy atom. The fourth-order valence-corrected chi connectivity index (χ4v) is 3.38. The van der Waals surface area contributed by atoms with Crippen LogP contribution in [-0.2, 0) is 11.8 Å². The van der Waals surface area contributed by atoms with Crippen molar-refractivity contribution < 1.29 is 14.7 Å². The molecule has 1 aromatic carbocycles. The summed E-state index contributed by atoms with van der Waals surface area (Å²) in [6.45, 7) is 0. The van der Waals surface area contributed by atoms with Crippen LogP contribution in [0.25, 0.3) is 0 Å². The van der Waals surface area contributed by atoms with Crippen LogP contribution in [0.3, 0.4) is 0 Å². The van der Waals surface area contributed by atoms with Gasteiger partial charge in [0.2, 0.25) is 5.91 Å². The number of nitrogens with zero attached hydrogens (tertiary/aromatic N) is 2. The van der Waals surface area contributed by atoms with Crippen LogP contribution in [0.4, 0.5) is 5.82 Å². The number of carbonyl (C=O) groups excluding carboxylic acids is 1. The van der Waals surface area contributed by atoms with Gasteiger partial charge >= 0.3 is 5.97 Å². The van der Waals surface area contributed by atoms with Gasteiger partial charge in [0.1, 0.15) is 5.82 Å². The summed E-state index contributed by atoms with van der Waals surface area (Å²) in [5.41, 5.74) is 2.13. The molecule has 0 saturated carbocycles. The van der Waals surface area contributed by atoms with Crippen molar-refractivity contribution in [2.75, 3.05) is 11.1 Å². The Bertz CT molecular complexity index is 709.